The third kappa shape index (κ3) is 2.86. The average Bonchev–Trinajstić information content (AvgIpc) is 3.31. The first-order valence-corrected chi connectivity index (χ1v) is 9.18. The zero-order valence-electron chi connectivity index (χ0n) is 13.3. The molecule has 4 nitrogen and oxygen atoms in total. The lowest BCUT2D eigenvalue weighted by Gasteiger charge is -2.05. The first-order chi connectivity index (χ1) is 11.0. The second kappa shape index (κ2) is 5.98. The van der Waals surface area contributed by atoms with E-state index >= 15 is 0 Å². The molecule has 0 heterocycles. The maximum atomic E-state index is 12.9. The Morgan fingerprint density at radius 2 is 1.65 bits per heavy atom. The Morgan fingerprint density at radius 3 is 2.17 bits per heavy atom. The molecule has 0 amide bonds. The topological polar surface area (TPSA) is 69.4 Å². The lowest BCUT2D eigenvalue weighted by Crippen LogP contribution is -2.13. The Morgan fingerprint density at radius 1 is 1.04 bits per heavy atom. The summed E-state index contributed by atoms with van der Waals surface area (Å²) < 4.78 is 31.0. The number of hydrogen-bond acceptors (Lipinski definition) is 4. The third-order valence-corrected chi connectivity index (χ3v) is 6.87. The fourth-order valence-electron chi connectivity index (χ4n) is 3.19. The normalized spacial score (nSPS) is 23.5. The number of aryl methyl sites for hydroxylation is 1. The Labute approximate surface area is 137 Å². The molecule has 2 aromatic carbocycles. The average molecular weight is 331 g/mol. The molecule has 2 N–H and O–H groups in total. The van der Waals surface area contributed by atoms with E-state index in [0.717, 1.165) is 16.9 Å². The van der Waals surface area contributed by atoms with Crippen molar-refractivity contribution in [2.75, 3.05) is 13.7 Å². The number of rotatable bonds is 5. The van der Waals surface area contributed by atoms with Gasteiger partial charge in [0.1, 0.15) is 5.75 Å². The Bertz CT molecular complexity index is 782. The fraction of sp³-hybridized carbons (Fsp3) is 0.333. The van der Waals surface area contributed by atoms with E-state index in [1.54, 1.807) is 19.2 Å². The van der Waals surface area contributed by atoms with Crippen molar-refractivity contribution >= 4 is 9.84 Å². The molecule has 23 heavy (non-hydrogen) atoms. The summed E-state index contributed by atoms with van der Waals surface area (Å²) in [6.45, 7) is 2.31. The summed E-state index contributed by atoms with van der Waals surface area (Å²) in [7, 11) is -1.76. The van der Waals surface area contributed by atoms with Crippen LogP contribution in [0.5, 0.6) is 5.75 Å². The number of ether oxygens (including phenoxy) is 1. The van der Waals surface area contributed by atoms with Gasteiger partial charge in [-0.3, -0.25) is 0 Å². The minimum Gasteiger partial charge on any atom is -0.497 e. The van der Waals surface area contributed by atoms with Crippen LogP contribution in [0.4, 0.5) is 0 Å². The molecular formula is C18H21NO3S. The van der Waals surface area contributed by atoms with Gasteiger partial charge < -0.3 is 10.5 Å². The van der Waals surface area contributed by atoms with Crippen molar-refractivity contribution in [2.45, 2.75) is 23.0 Å². The molecule has 5 heteroatoms. The second-order valence-electron chi connectivity index (χ2n) is 6.02. The van der Waals surface area contributed by atoms with Gasteiger partial charge in [-0.05, 0) is 49.2 Å². The maximum absolute atomic E-state index is 12.9. The number of nitrogens with two attached hydrogens (primary N) is 1. The highest BCUT2D eigenvalue weighted by Gasteiger charge is 2.57. The molecule has 0 aromatic heterocycles. The third-order valence-electron chi connectivity index (χ3n) is 4.58. The summed E-state index contributed by atoms with van der Waals surface area (Å²) in [4.78, 5) is 0.377. The van der Waals surface area contributed by atoms with Gasteiger partial charge in [-0.1, -0.05) is 29.8 Å². The molecule has 0 saturated heterocycles. The van der Waals surface area contributed by atoms with Gasteiger partial charge in [0.25, 0.3) is 0 Å². The summed E-state index contributed by atoms with van der Waals surface area (Å²) in [5, 5.41) is -0.441. The van der Waals surface area contributed by atoms with E-state index in [-0.39, 0.29) is 11.8 Å². The highest BCUT2D eigenvalue weighted by atomic mass is 32.2. The lowest BCUT2D eigenvalue weighted by atomic mass is 10.1. The van der Waals surface area contributed by atoms with E-state index in [9.17, 15) is 8.42 Å². The van der Waals surface area contributed by atoms with Crippen LogP contribution in [0, 0.1) is 12.8 Å². The molecule has 0 aliphatic heterocycles. The summed E-state index contributed by atoms with van der Waals surface area (Å²) in [5.74, 6) is 0.684. The molecule has 1 aliphatic rings. The monoisotopic (exact) mass is 331 g/mol. The largest absolute Gasteiger partial charge is 0.497 e. The van der Waals surface area contributed by atoms with Gasteiger partial charge >= 0.3 is 0 Å². The molecule has 3 atom stereocenters. The molecular weight excluding hydrogens is 310 g/mol. The molecule has 2 aromatic rings. The summed E-state index contributed by atoms with van der Waals surface area (Å²) in [6, 6.07) is 14.6. The van der Waals surface area contributed by atoms with Crippen LogP contribution in [0.1, 0.15) is 17.0 Å². The molecule has 122 valence electrons. The summed E-state index contributed by atoms with van der Waals surface area (Å²) in [5.41, 5.74) is 7.86. The van der Waals surface area contributed by atoms with E-state index in [4.69, 9.17) is 10.5 Å². The van der Waals surface area contributed by atoms with Crippen molar-refractivity contribution < 1.29 is 13.2 Å². The Balaban J connectivity index is 1.90. The first kappa shape index (κ1) is 16.0. The Kier molecular flexibility index (Phi) is 4.17. The first-order valence-electron chi connectivity index (χ1n) is 7.63. The quantitative estimate of drug-likeness (QED) is 0.914. The van der Waals surface area contributed by atoms with Crippen molar-refractivity contribution in [3.05, 3.63) is 59.7 Å². The van der Waals surface area contributed by atoms with Gasteiger partial charge in [0.05, 0.1) is 17.3 Å². The minimum absolute atomic E-state index is 0.0327. The van der Waals surface area contributed by atoms with Crippen LogP contribution in [0.3, 0.4) is 0 Å². The van der Waals surface area contributed by atoms with E-state index < -0.39 is 15.1 Å². The van der Waals surface area contributed by atoms with E-state index in [1.807, 2.05) is 43.3 Å². The van der Waals surface area contributed by atoms with Crippen LogP contribution in [-0.4, -0.2) is 27.3 Å². The number of hydrogen-bond donors (Lipinski definition) is 1. The maximum Gasteiger partial charge on any atom is 0.182 e. The molecule has 0 spiro atoms. The molecule has 0 bridgehead atoms. The van der Waals surface area contributed by atoms with Crippen LogP contribution in [-0.2, 0) is 9.84 Å². The lowest BCUT2D eigenvalue weighted by molar-refractivity contribution is 0.414. The molecule has 1 fully saturated rings. The van der Waals surface area contributed by atoms with Gasteiger partial charge in [0.2, 0.25) is 0 Å². The molecule has 0 radical (unpaired) electrons. The van der Waals surface area contributed by atoms with Crippen LogP contribution < -0.4 is 10.5 Å². The van der Waals surface area contributed by atoms with Gasteiger partial charge in [-0.15, -0.1) is 0 Å². The predicted octanol–water partition coefficient (Wildman–Crippen LogP) is 2.52. The van der Waals surface area contributed by atoms with Gasteiger partial charge in [-0.2, -0.15) is 0 Å². The second-order valence-corrected chi connectivity index (χ2v) is 8.13. The van der Waals surface area contributed by atoms with Crippen LogP contribution in [0.15, 0.2) is 53.4 Å². The van der Waals surface area contributed by atoms with Crippen LogP contribution >= 0.6 is 0 Å². The molecule has 1 aliphatic carbocycles. The van der Waals surface area contributed by atoms with Crippen molar-refractivity contribution in [3.63, 3.8) is 0 Å². The smallest absolute Gasteiger partial charge is 0.182 e. The minimum atomic E-state index is -3.37. The highest BCUT2D eigenvalue weighted by Crippen LogP contribution is 2.53. The van der Waals surface area contributed by atoms with Crippen molar-refractivity contribution in [3.8, 4) is 5.75 Å². The van der Waals surface area contributed by atoms with E-state index in [1.165, 1.54) is 0 Å². The van der Waals surface area contributed by atoms with E-state index in [2.05, 4.69) is 0 Å². The molecule has 0 unspecified atom stereocenters. The molecule has 1 saturated carbocycles. The number of benzene rings is 2. The summed E-state index contributed by atoms with van der Waals surface area (Å²) >= 11 is 0. The zero-order valence-corrected chi connectivity index (χ0v) is 14.1. The molecule has 3 rings (SSSR count). The van der Waals surface area contributed by atoms with E-state index in [0.29, 0.717) is 11.4 Å². The van der Waals surface area contributed by atoms with Gasteiger partial charge in [0, 0.05) is 5.92 Å². The number of methoxy groups -OCH3 is 1. The predicted molar refractivity (Wildman–Crippen MR) is 90.4 cm³/mol. The standard InChI is InChI=1S/C18H21NO3S/c1-12-3-9-15(10-4-12)23(20,21)18-16(11-19)17(18)13-5-7-14(22-2)8-6-13/h3-10,16-18H,11,19H2,1-2H3/t16-,17-,18-/m0/s1. The van der Waals surface area contributed by atoms with Gasteiger partial charge in [0.15, 0.2) is 9.84 Å². The summed E-state index contributed by atoms with van der Waals surface area (Å²) in [6.07, 6.45) is 0. The number of sulfone groups is 1. The van der Waals surface area contributed by atoms with Crippen molar-refractivity contribution in [2.24, 2.45) is 11.7 Å². The highest BCUT2D eigenvalue weighted by molar-refractivity contribution is 7.92. The van der Waals surface area contributed by atoms with Crippen molar-refractivity contribution in [1.82, 2.24) is 0 Å². The van der Waals surface area contributed by atoms with Crippen LogP contribution in [0.2, 0.25) is 0 Å². The Hall–Kier alpha value is -1.85. The van der Waals surface area contributed by atoms with Gasteiger partial charge in [-0.25, -0.2) is 8.42 Å². The van der Waals surface area contributed by atoms with Crippen LogP contribution in [0.25, 0.3) is 0 Å². The zero-order chi connectivity index (χ0) is 16.6. The van der Waals surface area contributed by atoms with Crippen molar-refractivity contribution in [1.29, 1.82) is 0 Å². The fourth-order valence-corrected chi connectivity index (χ4v) is 5.42. The SMILES string of the molecule is COc1ccc([C@H]2[C@H](CN)[C@@H]2S(=O)(=O)c2ccc(C)cc2)cc1.